The molecule has 3 rings (SSSR count). The van der Waals surface area contributed by atoms with Gasteiger partial charge in [-0.1, -0.05) is 18.2 Å². The molecule has 0 spiro atoms. The molecule has 0 saturated carbocycles. The van der Waals surface area contributed by atoms with Crippen molar-refractivity contribution in [3.63, 3.8) is 0 Å². The molecule has 144 valence electrons. The molecule has 27 heavy (non-hydrogen) atoms. The van der Waals surface area contributed by atoms with Crippen LogP contribution in [0.2, 0.25) is 0 Å². The predicted octanol–water partition coefficient (Wildman–Crippen LogP) is 3.28. The summed E-state index contributed by atoms with van der Waals surface area (Å²) in [5.74, 6) is 2.30. The molecule has 1 fully saturated rings. The van der Waals surface area contributed by atoms with Gasteiger partial charge in [0.15, 0.2) is 0 Å². The number of amides is 1. The quantitative estimate of drug-likeness (QED) is 0.777. The van der Waals surface area contributed by atoms with Crippen LogP contribution in [-0.2, 0) is 11.2 Å². The summed E-state index contributed by atoms with van der Waals surface area (Å²) in [6.45, 7) is 2.73. The highest BCUT2D eigenvalue weighted by Gasteiger charge is 2.23. The zero-order chi connectivity index (χ0) is 19.1. The van der Waals surface area contributed by atoms with Crippen molar-refractivity contribution in [1.82, 2.24) is 5.32 Å². The Bertz CT molecular complexity index is 745. The van der Waals surface area contributed by atoms with Gasteiger partial charge in [-0.3, -0.25) is 4.79 Å². The first-order valence-corrected chi connectivity index (χ1v) is 9.47. The lowest BCUT2D eigenvalue weighted by Crippen LogP contribution is -2.31. The molecule has 1 aliphatic heterocycles. The number of rotatable bonds is 8. The Balaban J connectivity index is 1.41. The second kappa shape index (κ2) is 9.31. The molecule has 1 N–H and O–H groups in total. The fraction of sp³-hybridized carbons (Fsp3) is 0.409. The van der Waals surface area contributed by atoms with Gasteiger partial charge in [0.05, 0.1) is 14.2 Å². The van der Waals surface area contributed by atoms with Gasteiger partial charge in [-0.15, -0.1) is 0 Å². The Morgan fingerprint density at radius 1 is 1.11 bits per heavy atom. The molecule has 1 amide bonds. The van der Waals surface area contributed by atoms with Gasteiger partial charge in [0.2, 0.25) is 5.91 Å². The van der Waals surface area contributed by atoms with Crippen molar-refractivity contribution in [2.24, 2.45) is 5.92 Å². The summed E-state index contributed by atoms with van der Waals surface area (Å²) in [6, 6.07) is 16.0. The number of aryl methyl sites for hydroxylation is 1. The summed E-state index contributed by atoms with van der Waals surface area (Å²) in [4.78, 5) is 14.6. The maximum Gasteiger partial charge on any atom is 0.220 e. The molecule has 5 heteroatoms. The lowest BCUT2D eigenvalue weighted by atomic mass is 10.1. The molecule has 0 bridgehead atoms. The van der Waals surface area contributed by atoms with E-state index in [0.29, 0.717) is 18.8 Å². The minimum Gasteiger partial charge on any atom is -0.497 e. The van der Waals surface area contributed by atoms with Crippen molar-refractivity contribution in [2.45, 2.75) is 19.3 Å². The minimum atomic E-state index is 0.101. The monoisotopic (exact) mass is 368 g/mol. The predicted molar refractivity (Wildman–Crippen MR) is 108 cm³/mol. The van der Waals surface area contributed by atoms with Gasteiger partial charge in [-0.2, -0.15) is 0 Å². The molecule has 0 radical (unpaired) electrons. The minimum absolute atomic E-state index is 0.101. The fourth-order valence-electron chi connectivity index (χ4n) is 3.53. The zero-order valence-electron chi connectivity index (χ0n) is 16.1. The zero-order valence-corrected chi connectivity index (χ0v) is 16.1. The number of ether oxygens (including phenoxy) is 2. The first-order chi connectivity index (χ1) is 13.2. The molecule has 1 unspecified atom stereocenters. The smallest absolute Gasteiger partial charge is 0.220 e. The number of para-hydroxylation sites is 1. The molecule has 2 aromatic carbocycles. The summed E-state index contributed by atoms with van der Waals surface area (Å²) >= 11 is 0. The van der Waals surface area contributed by atoms with E-state index in [1.165, 1.54) is 5.69 Å². The number of hydrogen-bond donors (Lipinski definition) is 1. The van der Waals surface area contributed by atoms with Crippen molar-refractivity contribution in [3.05, 3.63) is 54.1 Å². The number of nitrogens with zero attached hydrogens (tertiary/aromatic N) is 1. The Morgan fingerprint density at radius 3 is 2.63 bits per heavy atom. The first kappa shape index (κ1) is 19.1. The highest BCUT2D eigenvalue weighted by atomic mass is 16.5. The fourth-order valence-corrected chi connectivity index (χ4v) is 3.53. The second-order valence-electron chi connectivity index (χ2n) is 6.91. The molecule has 2 aromatic rings. The molecule has 1 heterocycles. The molecule has 0 aromatic heterocycles. The van der Waals surface area contributed by atoms with Gasteiger partial charge < -0.3 is 19.7 Å². The van der Waals surface area contributed by atoms with Crippen LogP contribution in [0, 0.1) is 5.92 Å². The number of anilines is 1. The van der Waals surface area contributed by atoms with Crippen LogP contribution in [0.4, 0.5) is 5.69 Å². The van der Waals surface area contributed by atoms with E-state index < -0.39 is 0 Å². The van der Waals surface area contributed by atoms with E-state index in [9.17, 15) is 4.79 Å². The summed E-state index contributed by atoms with van der Waals surface area (Å²) in [5, 5.41) is 3.10. The summed E-state index contributed by atoms with van der Waals surface area (Å²) in [7, 11) is 3.34. The van der Waals surface area contributed by atoms with Crippen LogP contribution < -0.4 is 19.7 Å². The molecule has 1 aliphatic rings. The van der Waals surface area contributed by atoms with Crippen molar-refractivity contribution in [2.75, 3.05) is 38.8 Å². The average molecular weight is 368 g/mol. The third-order valence-electron chi connectivity index (χ3n) is 5.13. The SMILES string of the molecule is COc1ccc(N2CCC(CNC(=O)CCc3ccccc3OC)C2)cc1. The number of benzene rings is 2. The maximum absolute atomic E-state index is 12.2. The highest BCUT2D eigenvalue weighted by Crippen LogP contribution is 2.25. The Hall–Kier alpha value is -2.69. The van der Waals surface area contributed by atoms with E-state index in [1.54, 1.807) is 14.2 Å². The van der Waals surface area contributed by atoms with Crippen LogP contribution in [0.25, 0.3) is 0 Å². The topological polar surface area (TPSA) is 50.8 Å². The lowest BCUT2D eigenvalue weighted by molar-refractivity contribution is -0.121. The Morgan fingerprint density at radius 2 is 1.89 bits per heavy atom. The molecule has 1 saturated heterocycles. The third kappa shape index (κ3) is 5.16. The number of carbonyl (C=O) groups is 1. The normalized spacial score (nSPS) is 16.2. The van der Waals surface area contributed by atoms with Gasteiger partial charge in [0, 0.05) is 31.7 Å². The van der Waals surface area contributed by atoms with Gasteiger partial charge in [-0.25, -0.2) is 0 Å². The summed E-state index contributed by atoms with van der Waals surface area (Å²) < 4.78 is 10.6. The molecular formula is C22H28N2O3. The lowest BCUT2D eigenvalue weighted by Gasteiger charge is -2.19. The van der Waals surface area contributed by atoms with E-state index >= 15 is 0 Å². The number of hydrogen-bond acceptors (Lipinski definition) is 4. The molecule has 1 atom stereocenters. The Kier molecular flexibility index (Phi) is 6.58. The van der Waals surface area contributed by atoms with Crippen LogP contribution in [-0.4, -0.2) is 39.8 Å². The van der Waals surface area contributed by atoms with Gasteiger partial charge in [0.25, 0.3) is 0 Å². The van der Waals surface area contributed by atoms with E-state index in [0.717, 1.165) is 43.1 Å². The maximum atomic E-state index is 12.2. The van der Waals surface area contributed by atoms with Crippen LogP contribution in [0.3, 0.4) is 0 Å². The number of methoxy groups -OCH3 is 2. The average Bonchev–Trinajstić information content (AvgIpc) is 3.20. The Labute approximate surface area is 161 Å². The summed E-state index contributed by atoms with van der Waals surface area (Å²) in [5.41, 5.74) is 2.28. The van der Waals surface area contributed by atoms with Gasteiger partial charge in [0.1, 0.15) is 11.5 Å². The van der Waals surface area contributed by atoms with Crippen LogP contribution >= 0.6 is 0 Å². The second-order valence-corrected chi connectivity index (χ2v) is 6.91. The standard InChI is InChI=1S/C22H28N2O3/c1-26-20-10-8-19(9-11-20)24-14-13-17(16-24)15-23-22(25)12-7-18-5-3-4-6-21(18)27-2/h3-6,8-11,17H,7,12-16H2,1-2H3,(H,23,25). The van der Waals surface area contributed by atoms with E-state index in [4.69, 9.17) is 9.47 Å². The van der Waals surface area contributed by atoms with E-state index in [2.05, 4.69) is 22.3 Å². The number of nitrogens with one attached hydrogen (secondary N) is 1. The van der Waals surface area contributed by atoms with E-state index in [1.807, 2.05) is 36.4 Å². The highest BCUT2D eigenvalue weighted by molar-refractivity contribution is 5.76. The van der Waals surface area contributed by atoms with Crippen LogP contribution in [0.1, 0.15) is 18.4 Å². The first-order valence-electron chi connectivity index (χ1n) is 9.47. The molecular weight excluding hydrogens is 340 g/mol. The van der Waals surface area contributed by atoms with Crippen molar-refractivity contribution >= 4 is 11.6 Å². The van der Waals surface area contributed by atoms with Crippen molar-refractivity contribution in [3.8, 4) is 11.5 Å². The molecule has 0 aliphatic carbocycles. The van der Waals surface area contributed by atoms with Crippen LogP contribution in [0.5, 0.6) is 11.5 Å². The molecule has 5 nitrogen and oxygen atoms in total. The summed E-state index contributed by atoms with van der Waals surface area (Å²) in [6.07, 6.45) is 2.27. The van der Waals surface area contributed by atoms with Gasteiger partial charge >= 0.3 is 0 Å². The largest absolute Gasteiger partial charge is 0.497 e. The van der Waals surface area contributed by atoms with Crippen molar-refractivity contribution < 1.29 is 14.3 Å². The van der Waals surface area contributed by atoms with E-state index in [-0.39, 0.29) is 5.91 Å². The van der Waals surface area contributed by atoms with Crippen LogP contribution in [0.15, 0.2) is 48.5 Å². The van der Waals surface area contributed by atoms with Crippen molar-refractivity contribution in [1.29, 1.82) is 0 Å². The third-order valence-corrected chi connectivity index (χ3v) is 5.13. The van der Waals surface area contributed by atoms with Gasteiger partial charge in [-0.05, 0) is 54.7 Å². The number of carbonyl (C=O) groups excluding carboxylic acids is 1.